The second-order valence-electron chi connectivity index (χ2n) is 7.06. The first-order chi connectivity index (χ1) is 12.8. The van der Waals surface area contributed by atoms with Gasteiger partial charge in [-0.1, -0.05) is 12.1 Å². The summed E-state index contributed by atoms with van der Waals surface area (Å²) in [4.78, 5) is 26.1. The minimum atomic E-state index is 0.0492. The maximum absolute atomic E-state index is 12.8. The topological polar surface area (TPSA) is 75.4 Å². The number of hydrogen-bond donors (Lipinski definition) is 0. The lowest BCUT2D eigenvalue weighted by molar-refractivity contribution is -0.134. The number of hydrogen-bond acceptors (Lipinski definition) is 6. The van der Waals surface area contributed by atoms with Gasteiger partial charge in [0.05, 0.1) is 11.5 Å². The Kier molecular flexibility index (Phi) is 4.86. The van der Waals surface area contributed by atoms with Crippen LogP contribution < -0.4 is 4.90 Å². The number of piperidine rings is 1. The molecule has 1 amide bonds. The van der Waals surface area contributed by atoms with Gasteiger partial charge in [0, 0.05) is 38.8 Å². The lowest BCUT2D eigenvalue weighted by Gasteiger charge is -2.35. The molecule has 4 rings (SSSR count). The highest BCUT2D eigenvalue weighted by atomic mass is 16.5. The number of nitrogens with zero attached hydrogens (tertiary/aromatic N) is 5. The first-order valence-corrected chi connectivity index (χ1v) is 9.58. The summed E-state index contributed by atoms with van der Waals surface area (Å²) >= 11 is 0. The molecular formula is C19H25N5O2. The minimum absolute atomic E-state index is 0.0492. The van der Waals surface area contributed by atoms with Crippen molar-refractivity contribution in [1.29, 1.82) is 0 Å². The number of amides is 1. The Balaban J connectivity index is 1.56. The van der Waals surface area contributed by atoms with E-state index in [0.717, 1.165) is 56.7 Å². The third-order valence-corrected chi connectivity index (χ3v) is 5.29. The Morgan fingerprint density at radius 1 is 1.27 bits per heavy atom. The Labute approximate surface area is 153 Å². The minimum Gasteiger partial charge on any atom is -0.355 e. The van der Waals surface area contributed by atoms with Crippen molar-refractivity contribution < 1.29 is 9.32 Å². The smallest absolute Gasteiger partial charge is 0.227 e. The molecule has 7 heteroatoms. The molecule has 1 atom stereocenters. The van der Waals surface area contributed by atoms with Gasteiger partial charge in [-0.2, -0.15) is 4.98 Å². The number of rotatable bonds is 4. The first-order valence-electron chi connectivity index (χ1n) is 9.58. The molecule has 7 nitrogen and oxygen atoms in total. The molecule has 2 aliphatic rings. The maximum Gasteiger partial charge on any atom is 0.227 e. The van der Waals surface area contributed by atoms with Gasteiger partial charge >= 0.3 is 0 Å². The number of aromatic nitrogens is 3. The van der Waals surface area contributed by atoms with Crippen molar-refractivity contribution in [2.24, 2.45) is 5.92 Å². The van der Waals surface area contributed by atoms with Gasteiger partial charge in [0.15, 0.2) is 0 Å². The van der Waals surface area contributed by atoms with Crippen molar-refractivity contribution >= 4 is 11.7 Å². The summed E-state index contributed by atoms with van der Waals surface area (Å²) < 4.78 is 5.27. The fraction of sp³-hybridized carbons (Fsp3) is 0.579. The summed E-state index contributed by atoms with van der Waals surface area (Å²) in [7, 11) is 0. The number of carbonyl (C=O) groups excluding carboxylic acids is 1. The predicted molar refractivity (Wildman–Crippen MR) is 97.7 cm³/mol. The molecule has 0 aromatic carbocycles. The zero-order valence-electron chi connectivity index (χ0n) is 15.2. The fourth-order valence-electron chi connectivity index (χ4n) is 3.90. The lowest BCUT2D eigenvalue weighted by Crippen LogP contribution is -2.44. The van der Waals surface area contributed by atoms with Gasteiger partial charge in [-0.05, 0) is 37.8 Å². The Hall–Kier alpha value is -2.44. The van der Waals surface area contributed by atoms with E-state index in [1.54, 1.807) is 6.20 Å². The number of anilines is 1. The van der Waals surface area contributed by atoms with Gasteiger partial charge in [-0.25, -0.2) is 4.98 Å². The van der Waals surface area contributed by atoms with Crippen molar-refractivity contribution in [3.05, 3.63) is 24.2 Å². The fourth-order valence-corrected chi connectivity index (χ4v) is 3.90. The number of aryl methyl sites for hydroxylation is 1. The Morgan fingerprint density at radius 3 is 2.88 bits per heavy atom. The first kappa shape index (κ1) is 17.0. The summed E-state index contributed by atoms with van der Waals surface area (Å²) in [6, 6.07) is 3.86. The summed E-state index contributed by atoms with van der Waals surface area (Å²) in [5, 5.41) is 4.10. The SMILES string of the molecule is CCc1nc(-c2cccnc2N2CCC[C@H](C(=O)N3CCCC3)C2)no1. The molecule has 26 heavy (non-hydrogen) atoms. The van der Waals surface area contributed by atoms with E-state index >= 15 is 0 Å². The van der Waals surface area contributed by atoms with E-state index in [0.29, 0.717) is 30.6 Å². The summed E-state index contributed by atoms with van der Waals surface area (Å²) in [5.74, 6) is 2.38. The summed E-state index contributed by atoms with van der Waals surface area (Å²) in [6.07, 6.45) is 6.70. The van der Waals surface area contributed by atoms with E-state index in [1.165, 1.54) is 0 Å². The predicted octanol–water partition coefficient (Wildman–Crippen LogP) is 2.53. The van der Waals surface area contributed by atoms with Gasteiger partial charge in [0.2, 0.25) is 17.6 Å². The second kappa shape index (κ2) is 7.43. The number of carbonyl (C=O) groups is 1. The van der Waals surface area contributed by atoms with E-state index in [1.807, 2.05) is 24.0 Å². The van der Waals surface area contributed by atoms with Gasteiger partial charge in [-0.15, -0.1) is 0 Å². The molecule has 138 valence electrons. The maximum atomic E-state index is 12.8. The molecule has 0 bridgehead atoms. The van der Waals surface area contributed by atoms with Gasteiger partial charge in [0.25, 0.3) is 0 Å². The molecule has 0 saturated carbocycles. The molecule has 2 fully saturated rings. The summed E-state index contributed by atoms with van der Waals surface area (Å²) in [6.45, 7) is 5.41. The summed E-state index contributed by atoms with van der Waals surface area (Å²) in [5.41, 5.74) is 0.866. The van der Waals surface area contributed by atoms with Crippen LogP contribution in [0.15, 0.2) is 22.9 Å². The third-order valence-electron chi connectivity index (χ3n) is 5.29. The third kappa shape index (κ3) is 3.30. The normalized spacial score (nSPS) is 20.6. The molecular weight excluding hydrogens is 330 g/mol. The Bertz CT molecular complexity index is 769. The molecule has 0 aliphatic carbocycles. The van der Waals surface area contributed by atoms with Crippen LogP contribution in [0.1, 0.15) is 38.5 Å². The van der Waals surface area contributed by atoms with Crippen LogP contribution in [0.2, 0.25) is 0 Å². The standard InChI is InChI=1S/C19H25N5O2/c1-2-16-21-17(22-26-16)15-8-5-9-20-18(15)24-12-6-7-14(13-24)19(25)23-10-3-4-11-23/h5,8-9,14H,2-4,6-7,10-13H2,1H3/t14-/m0/s1. The van der Waals surface area contributed by atoms with E-state index in [2.05, 4.69) is 20.0 Å². The molecule has 2 aliphatic heterocycles. The van der Waals surface area contributed by atoms with Crippen LogP contribution in [-0.4, -0.2) is 52.1 Å². The van der Waals surface area contributed by atoms with E-state index in [4.69, 9.17) is 4.52 Å². The average Bonchev–Trinajstić information content (AvgIpc) is 3.39. The van der Waals surface area contributed by atoms with Crippen LogP contribution in [0.4, 0.5) is 5.82 Å². The second-order valence-corrected chi connectivity index (χ2v) is 7.06. The van der Waals surface area contributed by atoms with E-state index in [-0.39, 0.29) is 5.92 Å². The lowest BCUT2D eigenvalue weighted by atomic mass is 9.96. The van der Waals surface area contributed by atoms with Crippen molar-refractivity contribution in [2.45, 2.75) is 39.0 Å². The molecule has 4 heterocycles. The average molecular weight is 355 g/mol. The van der Waals surface area contributed by atoms with Crippen molar-refractivity contribution in [3.8, 4) is 11.4 Å². The molecule has 0 unspecified atom stereocenters. The van der Waals surface area contributed by atoms with Crippen LogP contribution in [-0.2, 0) is 11.2 Å². The quantitative estimate of drug-likeness (QED) is 0.839. The van der Waals surface area contributed by atoms with Crippen LogP contribution in [0.5, 0.6) is 0 Å². The van der Waals surface area contributed by atoms with Gasteiger partial charge < -0.3 is 14.3 Å². The Morgan fingerprint density at radius 2 is 2.12 bits per heavy atom. The van der Waals surface area contributed by atoms with E-state index < -0.39 is 0 Å². The molecule has 2 aromatic rings. The van der Waals surface area contributed by atoms with E-state index in [9.17, 15) is 4.79 Å². The molecule has 0 radical (unpaired) electrons. The molecule has 2 aromatic heterocycles. The highest BCUT2D eigenvalue weighted by molar-refractivity contribution is 5.80. The van der Waals surface area contributed by atoms with Gasteiger partial charge in [-0.3, -0.25) is 4.79 Å². The van der Waals surface area contributed by atoms with Crippen LogP contribution in [0.25, 0.3) is 11.4 Å². The highest BCUT2D eigenvalue weighted by Crippen LogP contribution is 2.31. The monoisotopic (exact) mass is 355 g/mol. The number of likely N-dealkylation sites (tertiary alicyclic amines) is 1. The molecule has 0 N–H and O–H groups in total. The van der Waals surface area contributed by atoms with Crippen LogP contribution in [0, 0.1) is 5.92 Å². The van der Waals surface area contributed by atoms with Crippen LogP contribution in [0.3, 0.4) is 0 Å². The molecule has 2 saturated heterocycles. The largest absolute Gasteiger partial charge is 0.355 e. The van der Waals surface area contributed by atoms with Gasteiger partial charge in [0.1, 0.15) is 5.82 Å². The molecule has 0 spiro atoms. The van der Waals surface area contributed by atoms with Crippen molar-refractivity contribution in [3.63, 3.8) is 0 Å². The van der Waals surface area contributed by atoms with Crippen molar-refractivity contribution in [1.82, 2.24) is 20.0 Å². The number of pyridine rings is 1. The van der Waals surface area contributed by atoms with Crippen molar-refractivity contribution in [2.75, 3.05) is 31.1 Å². The highest BCUT2D eigenvalue weighted by Gasteiger charge is 2.32. The zero-order chi connectivity index (χ0) is 17.9. The zero-order valence-corrected chi connectivity index (χ0v) is 15.2. The van der Waals surface area contributed by atoms with Crippen LogP contribution >= 0.6 is 0 Å².